The SMILES string of the molecule is COc1ccc(S(=O)(=O)N2CCCCCC2)cc1C(=O)NCC1CNC1. The maximum Gasteiger partial charge on any atom is 0.255 e. The van der Waals surface area contributed by atoms with E-state index in [1.54, 1.807) is 6.07 Å². The van der Waals surface area contributed by atoms with Crippen LogP contribution >= 0.6 is 0 Å². The number of nitrogens with one attached hydrogen (secondary N) is 2. The maximum absolute atomic E-state index is 13.0. The van der Waals surface area contributed by atoms with E-state index in [-0.39, 0.29) is 16.4 Å². The Morgan fingerprint density at radius 3 is 2.50 bits per heavy atom. The molecule has 0 atom stereocenters. The number of ether oxygens (including phenoxy) is 1. The van der Waals surface area contributed by atoms with Crippen molar-refractivity contribution in [3.05, 3.63) is 23.8 Å². The third-order valence-electron chi connectivity index (χ3n) is 5.04. The molecule has 2 heterocycles. The normalized spacial score (nSPS) is 19.4. The minimum atomic E-state index is -3.60. The molecule has 2 aliphatic rings. The van der Waals surface area contributed by atoms with E-state index < -0.39 is 10.0 Å². The summed E-state index contributed by atoms with van der Waals surface area (Å²) in [5.74, 6) is 0.500. The molecule has 0 aromatic heterocycles. The Balaban J connectivity index is 1.82. The molecular formula is C18H27N3O4S. The summed E-state index contributed by atoms with van der Waals surface area (Å²) in [6.07, 6.45) is 3.85. The van der Waals surface area contributed by atoms with Crippen LogP contribution in [0.2, 0.25) is 0 Å². The van der Waals surface area contributed by atoms with Crippen LogP contribution in [0.4, 0.5) is 0 Å². The Morgan fingerprint density at radius 2 is 1.92 bits per heavy atom. The summed E-state index contributed by atoms with van der Waals surface area (Å²) in [6.45, 7) is 3.41. The first-order valence-electron chi connectivity index (χ1n) is 9.19. The fraction of sp³-hybridized carbons (Fsp3) is 0.611. The van der Waals surface area contributed by atoms with E-state index in [1.807, 2.05) is 0 Å². The van der Waals surface area contributed by atoms with Gasteiger partial charge in [0, 0.05) is 38.6 Å². The van der Waals surface area contributed by atoms with Crippen molar-refractivity contribution >= 4 is 15.9 Å². The zero-order valence-electron chi connectivity index (χ0n) is 15.2. The molecule has 1 aromatic carbocycles. The number of sulfonamides is 1. The Hall–Kier alpha value is -1.64. The molecule has 2 saturated heterocycles. The monoisotopic (exact) mass is 381 g/mol. The molecule has 0 spiro atoms. The van der Waals surface area contributed by atoms with E-state index in [2.05, 4.69) is 10.6 Å². The van der Waals surface area contributed by atoms with Crippen LogP contribution in [0.15, 0.2) is 23.1 Å². The highest BCUT2D eigenvalue weighted by atomic mass is 32.2. The molecule has 2 fully saturated rings. The van der Waals surface area contributed by atoms with Gasteiger partial charge in [-0.25, -0.2) is 8.42 Å². The Kier molecular flexibility index (Phi) is 6.16. The molecule has 144 valence electrons. The van der Waals surface area contributed by atoms with E-state index in [0.717, 1.165) is 38.8 Å². The van der Waals surface area contributed by atoms with E-state index in [0.29, 0.717) is 31.3 Å². The number of hydrogen-bond donors (Lipinski definition) is 2. The number of benzene rings is 1. The first-order valence-corrected chi connectivity index (χ1v) is 10.6. The summed E-state index contributed by atoms with van der Waals surface area (Å²) in [7, 11) is -2.13. The molecule has 2 N–H and O–H groups in total. The number of amides is 1. The van der Waals surface area contributed by atoms with Gasteiger partial charge in [-0.15, -0.1) is 0 Å². The lowest BCUT2D eigenvalue weighted by Crippen LogP contribution is -2.48. The van der Waals surface area contributed by atoms with Gasteiger partial charge in [0.05, 0.1) is 17.6 Å². The highest BCUT2D eigenvalue weighted by molar-refractivity contribution is 7.89. The van der Waals surface area contributed by atoms with E-state index in [1.165, 1.54) is 23.5 Å². The van der Waals surface area contributed by atoms with Gasteiger partial charge in [0.25, 0.3) is 5.91 Å². The summed E-state index contributed by atoms with van der Waals surface area (Å²) < 4.78 is 32.8. The van der Waals surface area contributed by atoms with Crippen molar-refractivity contribution in [2.45, 2.75) is 30.6 Å². The van der Waals surface area contributed by atoms with Gasteiger partial charge in [0.2, 0.25) is 10.0 Å². The molecule has 0 saturated carbocycles. The van der Waals surface area contributed by atoms with Gasteiger partial charge in [-0.3, -0.25) is 4.79 Å². The van der Waals surface area contributed by atoms with Crippen LogP contribution in [-0.2, 0) is 10.0 Å². The summed E-state index contributed by atoms with van der Waals surface area (Å²) in [6, 6.07) is 4.52. The second-order valence-corrected chi connectivity index (χ2v) is 8.85. The maximum atomic E-state index is 13.0. The van der Waals surface area contributed by atoms with Gasteiger partial charge < -0.3 is 15.4 Å². The predicted octanol–water partition coefficient (Wildman–Crippen LogP) is 1.21. The number of methoxy groups -OCH3 is 1. The van der Waals surface area contributed by atoms with Crippen molar-refractivity contribution in [1.29, 1.82) is 0 Å². The van der Waals surface area contributed by atoms with Gasteiger partial charge in [0.1, 0.15) is 5.75 Å². The molecule has 2 aliphatic heterocycles. The Labute approximate surface area is 155 Å². The molecule has 26 heavy (non-hydrogen) atoms. The predicted molar refractivity (Wildman–Crippen MR) is 98.9 cm³/mol. The molecule has 0 aliphatic carbocycles. The molecule has 0 radical (unpaired) electrons. The van der Waals surface area contributed by atoms with Crippen molar-refractivity contribution < 1.29 is 17.9 Å². The molecule has 3 rings (SSSR count). The number of hydrogen-bond acceptors (Lipinski definition) is 5. The van der Waals surface area contributed by atoms with Crippen molar-refractivity contribution in [3.63, 3.8) is 0 Å². The van der Waals surface area contributed by atoms with Crippen molar-refractivity contribution in [2.24, 2.45) is 5.92 Å². The summed E-state index contributed by atoms with van der Waals surface area (Å²) in [4.78, 5) is 12.7. The van der Waals surface area contributed by atoms with E-state index >= 15 is 0 Å². The summed E-state index contributed by atoms with van der Waals surface area (Å²) in [5, 5.41) is 6.03. The smallest absolute Gasteiger partial charge is 0.255 e. The Bertz CT molecular complexity index is 739. The molecule has 8 heteroatoms. The largest absolute Gasteiger partial charge is 0.496 e. The van der Waals surface area contributed by atoms with Crippen LogP contribution in [0.5, 0.6) is 5.75 Å². The highest BCUT2D eigenvalue weighted by Crippen LogP contribution is 2.26. The van der Waals surface area contributed by atoms with Crippen LogP contribution in [0.25, 0.3) is 0 Å². The summed E-state index contributed by atoms with van der Waals surface area (Å²) >= 11 is 0. The second-order valence-electron chi connectivity index (χ2n) is 6.91. The second kappa shape index (κ2) is 8.37. The summed E-state index contributed by atoms with van der Waals surface area (Å²) in [5.41, 5.74) is 0.260. The number of rotatable bonds is 6. The van der Waals surface area contributed by atoms with Crippen LogP contribution in [0, 0.1) is 5.92 Å². The molecule has 0 bridgehead atoms. The molecule has 0 unspecified atom stereocenters. The van der Waals surface area contributed by atoms with Gasteiger partial charge in [-0.05, 0) is 31.0 Å². The Morgan fingerprint density at radius 1 is 1.23 bits per heavy atom. The lowest BCUT2D eigenvalue weighted by molar-refractivity contribution is 0.0939. The van der Waals surface area contributed by atoms with Crippen LogP contribution < -0.4 is 15.4 Å². The average molecular weight is 381 g/mol. The zero-order valence-corrected chi connectivity index (χ0v) is 16.0. The highest BCUT2D eigenvalue weighted by Gasteiger charge is 2.27. The van der Waals surface area contributed by atoms with Crippen LogP contribution in [0.3, 0.4) is 0 Å². The van der Waals surface area contributed by atoms with E-state index in [9.17, 15) is 13.2 Å². The first-order chi connectivity index (χ1) is 12.5. The van der Waals surface area contributed by atoms with Crippen LogP contribution in [0.1, 0.15) is 36.0 Å². The topological polar surface area (TPSA) is 87.7 Å². The quantitative estimate of drug-likeness (QED) is 0.773. The number of carbonyl (C=O) groups excluding carboxylic acids is 1. The molecular weight excluding hydrogens is 354 g/mol. The van der Waals surface area contributed by atoms with Crippen molar-refractivity contribution in [1.82, 2.24) is 14.9 Å². The van der Waals surface area contributed by atoms with Gasteiger partial charge in [-0.1, -0.05) is 12.8 Å². The van der Waals surface area contributed by atoms with Crippen LogP contribution in [-0.4, -0.2) is 58.5 Å². The lowest BCUT2D eigenvalue weighted by Gasteiger charge is -2.27. The first kappa shape index (κ1) is 19.1. The van der Waals surface area contributed by atoms with Gasteiger partial charge >= 0.3 is 0 Å². The standard InChI is InChI=1S/C18H27N3O4S/c1-25-17-7-6-15(26(23,24)21-8-4-2-3-5-9-21)10-16(17)18(22)20-13-14-11-19-12-14/h6-7,10,14,19H,2-5,8-9,11-13H2,1H3,(H,20,22). The third kappa shape index (κ3) is 4.19. The lowest BCUT2D eigenvalue weighted by atomic mass is 10.0. The molecule has 1 aromatic rings. The zero-order chi connectivity index (χ0) is 18.6. The fourth-order valence-electron chi connectivity index (χ4n) is 3.28. The minimum absolute atomic E-state index is 0.149. The third-order valence-corrected chi connectivity index (χ3v) is 6.93. The minimum Gasteiger partial charge on any atom is -0.496 e. The molecule has 1 amide bonds. The van der Waals surface area contributed by atoms with Gasteiger partial charge in [0.15, 0.2) is 0 Å². The fourth-order valence-corrected chi connectivity index (χ4v) is 4.82. The molecule has 7 nitrogen and oxygen atoms in total. The van der Waals surface area contributed by atoms with Gasteiger partial charge in [-0.2, -0.15) is 4.31 Å². The average Bonchev–Trinajstić information content (AvgIpc) is 2.89. The van der Waals surface area contributed by atoms with E-state index in [4.69, 9.17) is 4.74 Å². The van der Waals surface area contributed by atoms with Crippen molar-refractivity contribution in [3.8, 4) is 5.75 Å². The number of carbonyl (C=O) groups is 1. The van der Waals surface area contributed by atoms with Crippen molar-refractivity contribution in [2.75, 3.05) is 39.8 Å². The number of nitrogens with zero attached hydrogens (tertiary/aromatic N) is 1.